The van der Waals surface area contributed by atoms with Crippen LogP contribution in [0.3, 0.4) is 0 Å². The Balaban J connectivity index is 1.49. The second-order valence-corrected chi connectivity index (χ2v) is 5.43. The van der Waals surface area contributed by atoms with Crippen LogP contribution in [0.25, 0.3) is 0 Å². The lowest BCUT2D eigenvalue weighted by atomic mass is 10.1. The number of nitrogens with one attached hydrogen (secondary N) is 2. The second-order valence-electron chi connectivity index (χ2n) is 4.53. The number of thiazole rings is 1. The van der Waals surface area contributed by atoms with Crippen molar-refractivity contribution in [1.82, 2.24) is 15.0 Å². The van der Waals surface area contributed by atoms with E-state index in [0.717, 1.165) is 17.8 Å². The molecule has 0 unspecified atom stereocenters. The van der Waals surface area contributed by atoms with Gasteiger partial charge in [0, 0.05) is 30.4 Å². The van der Waals surface area contributed by atoms with Gasteiger partial charge in [0.15, 0.2) is 11.7 Å². The Bertz CT molecular complexity index is 709. The number of amides is 1. The molecule has 2 aromatic heterocycles. The zero-order chi connectivity index (χ0) is 15.2. The fraction of sp³-hybridized carbons (Fsp3) is 0.133. The third kappa shape index (κ3) is 3.92. The largest absolute Gasteiger partial charge is 0.484 e. The monoisotopic (exact) mass is 314 g/mol. The molecule has 1 amide bonds. The summed E-state index contributed by atoms with van der Waals surface area (Å²) in [4.78, 5) is 22.9. The van der Waals surface area contributed by atoms with Crippen LogP contribution in [0.4, 0.5) is 5.13 Å². The maximum Gasteiger partial charge on any atom is 0.264 e. The average molecular weight is 314 g/mol. The molecule has 0 saturated heterocycles. The van der Waals surface area contributed by atoms with E-state index in [2.05, 4.69) is 20.3 Å². The number of aromatic amines is 1. The molecule has 112 valence electrons. The molecule has 0 fully saturated rings. The first-order chi connectivity index (χ1) is 10.8. The summed E-state index contributed by atoms with van der Waals surface area (Å²) in [7, 11) is 0. The van der Waals surface area contributed by atoms with Crippen molar-refractivity contribution in [2.75, 3.05) is 11.9 Å². The number of hydrogen-bond acceptors (Lipinski definition) is 5. The SMILES string of the molecule is O=C(COc1ccc(Cc2ncc[nH]2)cc1)Nc1nccs1. The summed E-state index contributed by atoms with van der Waals surface area (Å²) in [6.07, 6.45) is 5.90. The van der Waals surface area contributed by atoms with Crippen molar-refractivity contribution in [3.63, 3.8) is 0 Å². The molecule has 2 heterocycles. The number of hydrogen-bond donors (Lipinski definition) is 2. The third-order valence-electron chi connectivity index (χ3n) is 2.90. The third-order valence-corrected chi connectivity index (χ3v) is 3.59. The Morgan fingerprint density at radius 3 is 2.77 bits per heavy atom. The normalized spacial score (nSPS) is 10.4. The number of anilines is 1. The first-order valence-electron chi connectivity index (χ1n) is 6.69. The van der Waals surface area contributed by atoms with Gasteiger partial charge in [-0.2, -0.15) is 0 Å². The number of aromatic nitrogens is 3. The highest BCUT2D eigenvalue weighted by molar-refractivity contribution is 7.13. The van der Waals surface area contributed by atoms with E-state index in [4.69, 9.17) is 4.74 Å². The molecule has 7 heteroatoms. The Hall–Kier alpha value is -2.67. The number of H-pyrrole nitrogens is 1. The zero-order valence-corrected chi connectivity index (χ0v) is 12.5. The van der Waals surface area contributed by atoms with E-state index >= 15 is 0 Å². The first-order valence-corrected chi connectivity index (χ1v) is 7.57. The lowest BCUT2D eigenvalue weighted by Crippen LogP contribution is -2.19. The van der Waals surface area contributed by atoms with Crippen molar-refractivity contribution in [2.24, 2.45) is 0 Å². The van der Waals surface area contributed by atoms with Gasteiger partial charge in [0.2, 0.25) is 0 Å². The average Bonchev–Trinajstić information content (AvgIpc) is 3.20. The van der Waals surface area contributed by atoms with Crippen LogP contribution in [0.1, 0.15) is 11.4 Å². The van der Waals surface area contributed by atoms with E-state index in [0.29, 0.717) is 10.9 Å². The molecule has 0 atom stereocenters. The lowest BCUT2D eigenvalue weighted by Gasteiger charge is -2.06. The molecule has 6 nitrogen and oxygen atoms in total. The summed E-state index contributed by atoms with van der Waals surface area (Å²) in [5, 5.41) is 5.04. The predicted octanol–water partition coefficient (Wildman–Crippen LogP) is 2.47. The van der Waals surface area contributed by atoms with Crippen LogP contribution in [0.15, 0.2) is 48.2 Å². The van der Waals surface area contributed by atoms with Crippen molar-refractivity contribution in [1.29, 1.82) is 0 Å². The molecule has 1 aromatic carbocycles. The fourth-order valence-corrected chi connectivity index (χ4v) is 2.43. The van der Waals surface area contributed by atoms with E-state index in [1.54, 1.807) is 24.0 Å². The van der Waals surface area contributed by atoms with Crippen molar-refractivity contribution in [3.8, 4) is 5.75 Å². The molecule has 0 radical (unpaired) electrons. The number of nitrogens with zero attached hydrogens (tertiary/aromatic N) is 2. The summed E-state index contributed by atoms with van der Waals surface area (Å²) < 4.78 is 5.45. The summed E-state index contributed by atoms with van der Waals surface area (Å²) >= 11 is 1.37. The number of carbonyl (C=O) groups excluding carboxylic acids is 1. The summed E-state index contributed by atoms with van der Waals surface area (Å²) in [6, 6.07) is 7.59. The van der Waals surface area contributed by atoms with Crippen molar-refractivity contribution < 1.29 is 9.53 Å². The van der Waals surface area contributed by atoms with Crippen molar-refractivity contribution in [3.05, 3.63) is 59.6 Å². The van der Waals surface area contributed by atoms with Gasteiger partial charge in [0.25, 0.3) is 5.91 Å². The van der Waals surface area contributed by atoms with Gasteiger partial charge in [-0.1, -0.05) is 12.1 Å². The molecule has 0 spiro atoms. The quantitative estimate of drug-likeness (QED) is 0.732. The van der Waals surface area contributed by atoms with Gasteiger partial charge >= 0.3 is 0 Å². The number of rotatable bonds is 6. The molecular formula is C15H14N4O2S. The van der Waals surface area contributed by atoms with E-state index < -0.39 is 0 Å². The van der Waals surface area contributed by atoms with Crippen LogP contribution in [0.5, 0.6) is 5.75 Å². The van der Waals surface area contributed by atoms with E-state index in [9.17, 15) is 4.79 Å². The minimum Gasteiger partial charge on any atom is -0.484 e. The Morgan fingerprint density at radius 2 is 2.09 bits per heavy atom. The predicted molar refractivity (Wildman–Crippen MR) is 84.1 cm³/mol. The van der Waals surface area contributed by atoms with Gasteiger partial charge in [0.05, 0.1) is 0 Å². The van der Waals surface area contributed by atoms with Gasteiger partial charge in [0.1, 0.15) is 11.6 Å². The highest BCUT2D eigenvalue weighted by Crippen LogP contribution is 2.14. The van der Waals surface area contributed by atoms with Crippen molar-refractivity contribution in [2.45, 2.75) is 6.42 Å². The van der Waals surface area contributed by atoms with Crippen LogP contribution in [0.2, 0.25) is 0 Å². The molecule has 3 rings (SSSR count). The minimum absolute atomic E-state index is 0.0445. The molecule has 0 aliphatic heterocycles. The smallest absolute Gasteiger partial charge is 0.264 e. The van der Waals surface area contributed by atoms with Crippen LogP contribution < -0.4 is 10.1 Å². The van der Waals surface area contributed by atoms with Crippen LogP contribution in [-0.4, -0.2) is 27.5 Å². The summed E-state index contributed by atoms with van der Waals surface area (Å²) in [6.45, 7) is -0.0445. The maximum absolute atomic E-state index is 11.7. The number of carbonyl (C=O) groups is 1. The molecular weight excluding hydrogens is 300 g/mol. The van der Waals surface area contributed by atoms with E-state index in [1.807, 2.05) is 24.3 Å². The van der Waals surface area contributed by atoms with Gasteiger partial charge in [-0.3, -0.25) is 10.1 Å². The Morgan fingerprint density at radius 1 is 1.23 bits per heavy atom. The molecule has 3 aromatic rings. The van der Waals surface area contributed by atoms with Crippen molar-refractivity contribution >= 4 is 22.4 Å². The van der Waals surface area contributed by atoms with Gasteiger partial charge < -0.3 is 9.72 Å². The van der Waals surface area contributed by atoms with E-state index in [-0.39, 0.29) is 12.5 Å². The maximum atomic E-state index is 11.7. The molecule has 0 aliphatic rings. The molecule has 22 heavy (non-hydrogen) atoms. The van der Waals surface area contributed by atoms with Gasteiger partial charge in [-0.05, 0) is 17.7 Å². The lowest BCUT2D eigenvalue weighted by molar-refractivity contribution is -0.118. The van der Waals surface area contributed by atoms with Crippen LogP contribution in [0, 0.1) is 0 Å². The van der Waals surface area contributed by atoms with Crippen LogP contribution in [-0.2, 0) is 11.2 Å². The molecule has 2 N–H and O–H groups in total. The standard InChI is InChI=1S/C15H14N4O2S/c20-14(19-15-18-7-8-22-15)10-21-12-3-1-11(2-4-12)9-13-16-5-6-17-13/h1-8H,9-10H2,(H,16,17)(H,18,19,20). The number of benzene rings is 1. The van der Waals surface area contributed by atoms with E-state index in [1.165, 1.54) is 11.3 Å². The highest BCUT2D eigenvalue weighted by Gasteiger charge is 2.05. The summed E-state index contributed by atoms with van der Waals surface area (Å²) in [5.74, 6) is 1.34. The zero-order valence-electron chi connectivity index (χ0n) is 11.7. The minimum atomic E-state index is -0.227. The van der Waals surface area contributed by atoms with Crippen LogP contribution >= 0.6 is 11.3 Å². The number of imidazole rings is 1. The first kappa shape index (κ1) is 14.3. The molecule has 0 aliphatic carbocycles. The fourth-order valence-electron chi connectivity index (χ4n) is 1.88. The molecule has 0 saturated carbocycles. The Kier molecular flexibility index (Phi) is 4.45. The Labute approximate surface area is 131 Å². The van der Waals surface area contributed by atoms with Gasteiger partial charge in [-0.25, -0.2) is 9.97 Å². The summed E-state index contributed by atoms with van der Waals surface area (Å²) in [5.41, 5.74) is 1.12. The highest BCUT2D eigenvalue weighted by atomic mass is 32.1. The number of ether oxygens (including phenoxy) is 1. The second kappa shape index (κ2) is 6.86. The molecule has 0 bridgehead atoms. The topological polar surface area (TPSA) is 79.9 Å². The van der Waals surface area contributed by atoms with Gasteiger partial charge in [-0.15, -0.1) is 11.3 Å².